The molecule has 0 spiro atoms. The zero-order chi connectivity index (χ0) is 15.4. The van der Waals surface area contributed by atoms with Crippen LogP contribution in [0.5, 0.6) is 0 Å². The average Bonchev–Trinajstić information content (AvgIpc) is 3.14. The highest BCUT2D eigenvalue weighted by Gasteiger charge is 2.15. The number of aryl methyl sites for hydroxylation is 1. The molecule has 1 aliphatic heterocycles. The molecule has 2 N–H and O–H groups in total. The van der Waals surface area contributed by atoms with E-state index in [2.05, 4.69) is 15.6 Å². The molecule has 1 aliphatic rings. The van der Waals surface area contributed by atoms with Crippen LogP contribution in [0.4, 0.5) is 0 Å². The number of benzene rings is 1. The number of rotatable bonds is 6. The Bertz CT molecular complexity index is 650. The molecule has 1 amide bonds. The Kier molecular flexibility index (Phi) is 6.42. The third kappa shape index (κ3) is 4.69. The van der Waals surface area contributed by atoms with Gasteiger partial charge in [-0.3, -0.25) is 4.79 Å². The van der Waals surface area contributed by atoms with Crippen molar-refractivity contribution >= 4 is 29.4 Å². The number of nitrogens with one attached hydrogen (secondary N) is 2. The maximum Gasteiger partial charge on any atom is 0.220 e. The molecule has 0 bridgehead atoms. The van der Waals surface area contributed by atoms with E-state index in [0.29, 0.717) is 31.2 Å². The van der Waals surface area contributed by atoms with Crippen LogP contribution in [-0.4, -0.2) is 30.5 Å². The molecule has 1 atom stereocenters. The normalized spacial score (nSPS) is 17.2. The van der Waals surface area contributed by atoms with E-state index in [-0.39, 0.29) is 18.3 Å². The fourth-order valence-corrected chi connectivity index (χ4v) is 2.93. The number of halogens is 1. The van der Waals surface area contributed by atoms with Gasteiger partial charge in [0.2, 0.25) is 5.91 Å². The molecule has 0 saturated carbocycles. The van der Waals surface area contributed by atoms with E-state index in [1.807, 2.05) is 25.1 Å². The predicted molar refractivity (Wildman–Crippen MR) is 92.9 cm³/mol. The third-order valence-corrected chi connectivity index (χ3v) is 4.27. The Morgan fingerprint density at radius 3 is 3.09 bits per heavy atom. The fraction of sp³-hybridized carbons (Fsp3) is 0.529. The number of hydrogen-bond acceptors (Lipinski definition) is 4. The van der Waals surface area contributed by atoms with Crippen LogP contribution in [-0.2, 0) is 11.2 Å². The number of amides is 1. The lowest BCUT2D eigenvalue weighted by molar-refractivity contribution is -0.121. The summed E-state index contributed by atoms with van der Waals surface area (Å²) >= 11 is 0. The topological polar surface area (TPSA) is 67.2 Å². The number of hydrogen-bond donors (Lipinski definition) is 2. The molecule has 6 heteroatoms. The van der Waals surface area contributed by atoms with Gasteiger partial charge in [-0.15, -0.1) is 12.4 Å². The molecule has 3 rings (SSSR count). The molecule has 2 heterocycles. The van der Waals surface area contributed by atoms with Crippen LogP contribution in [0.25, 0.3) is 11.1 Å². The summed E-state index contributed by atoms with van der Waals surface area (Å²) in [6.45, 7) is 4.74. The third-order valence-electron chi connectivity index (χ3n) is 4.27. The lowest BCUT2D eigenvalue weighted by atomic mass is 10.0. The molecule has 1 fully saturated rings. The van der Waals surface area contributed by atoms with Gasteiger partial charge in [0.15, 0.2) is 11.5 Å². The van der Waals surface area contributed by atoms with Gasteiger partial charge in [0, 0.05) is 19.4 Å². The van der Waals surface area contributed by atoms with Crippen LogP contribution >= 0.6 is 12.4 Å². The minimum atomic E-state index is 0. The summed E-state index contributed by atoms with van der Waals surface area (Å²) < 4.78 is 5.70. The minimum absolute atomic E-state index is 0. The van der Waals surface area contributed by atoms with Gasteiger partial charge in [0.05, 0.1) is 0 Å². The van der Waals surface area contributed by atoms with Gasteiger partial charge in [-0.05, 0) is 50.4 Å². The van der Waals surface area contributed by atoms with Gasteiger partial charge in [-0.25, -0.2) is 4.98 Å². The van der Waals surface area contributed by atoms with Crippen LogP contribution in [0.15, 0.2) is 22.6 Å². The summed E-state index contributed by atoms with van der Waals surface area (Å²) in [5, 5.41) is 6.28. The second kappa shape index (κ2) is 8.31. The van der Waals surface area contributed by atoms with Crippen molar-refractivity contribution in [3.8, 4) is 0 Å². The highest BCUT2D eigenvalue weighted by atomic mass is 35.5. The Morgan fingerprint density at radius 2 is 2.35 bits per heavy atom. The van der Waals surface area contributed by atoms with Crippen molar-refractivity contribution in [1.82, 2.24) is 15.6 Å². The summed E-state index contributed by atoms with van der Waals surface area (Å²) in [5.41, 5.74) is 2.84. The van der Waals surface area contributed by atoms with Gasteiger partial charge in [0.25, 0.3) is 0 Å². The molecule has 1 aromatic heterocycles. The molecule has 0 aliphatic carbocycles. The molecule has 2 aromatic rings. The van der Waals surface area contributed by atoms with Crippen molar-refractivity contribution in [2.24, 2.45) is 5.92 Å². The second-order valence-electron chi connectivity index (χ2n) is 6.03. The smallest absolute Gasteiger partial charge is 0.220 e. The van der Waals surface area contributed by atoms with Crippen molar-refractivity contribution in [2.45, 2.75) is 32.6 Å². The molecule has 126 valence electrons. The van der Waals surface area contributed by atoms with E-state index in [4.69, 9.17) is 4.42 Å². The van der Waals surface area contributed by atoms with Crippen LogP contribution in [0.3, 0.4) is 0 Å². The van der Waals surface area contributed by atoms with Crippen molar-refractivity contribution in [1.29, 1.82) is 0 Å². The number of para-hydroxylation sites is 1. The maximum atomic E-state index is 11.8. The summed E-state index contributed by atoms with van der Waals surface area (Å²) in [6.07, 6.45) is 3.40. The van der Waals surface area contributed by atoms with Crippen LogP contribution in [0, 0.1) is 12.8 Å². The standard InChI is InChI=1S/C17H23N3O2.ClH/c1-12-3-2-4-14-17(12)20-16(22-14)8-10-19-15(21)6-5-13-7-9-18-11-13;/h2-4,13,18H,5-11H2,1H3,(H,19,21);1H. The van der Waals surface area contributed by atoms with Gasteiger partial charge in [-0.1, -0.05) is 12.1 Å². The number of aromatic nitrogens is 1. The predicted octanol–water partition coefficient (Wildman–Crippen LogP) is 2.61. The number of nitrogens with zero attached hydrogens (tertiary/aromatic N) is 1. The van der Waals surface area contributed by atoms with Gasteiger partial charge in [0.1, 0.15) is 5.52 Å². The van der Waals surface area contributed by atoms with E-state index in [0.717, 1.165) is 36.2 Å². The fourth-order valence-electron chi connectivity index (χ4n) is 2.93. The van der Waals surface area contributed by atoms with E-state index < -0.39 is 0 Å². The number of carbonyl (C=O) groups is 1. The first-order valence-electron chi connectivity index (χ1n) is 8.05. The Balaban J connectivity index is 0.00000192. The van der Waals surface area contributed by atoms with E-state index in [1.165, 1.54) is 6.42 Å². The Morgan fingerprint density at radius 1 is 1.48 bits per heavy atom. The molecule has 1 aromatic carbocycles. The van der Waals surface area contributed by atoms with Crippen molar-refractivity contribution in [2.75, 3.05) is 19.6 Å². The quantitative estimate of drug-likeness (QED) is 0.850. The van der Waals surface area contributed by atoms with E-state index >= 15 is 0 Å². The van der Waals surface area contributed by atoms with Crippen molar-refractivity contribution < 1.29 is 9.21 Å². The summed E-state index contributed by atoms with van der Waals surface area (Å²) in [4.78, 5) is 16.3. The number of oxazole rings is 1. The summed E-state index contributed by atoms with van der Waals surface area (Å²) in [7, 11) is 0. The number of fused-ring (bicyclic) bond motifs is 1. The first kappa shape index (κ1) is 17.8. The summed E-state index contributed by atoms with van der Waals surface area (Å²) in [6, 6.07) is 5.91. The van der Waals surface area contributed by atoms with Crippen LogP contribution < -0.4 is 10.6 Å². The molecule has 1 unspecified atom stereocenters. The van der Waals surface area contributed by atoms with Crippen LogP contribution in [0.2, 0.25) is 0 Å². The maximum absolute atomic E-state index is 11.8. The highest BCUT2D eigenvalue weighted by Crippen LogP contribution is 2.19. The molecular weight excluding hydrogens is 314 g/mol. The van der Waals surface area contributed by atoms with Crippen LogP contribution in [0.1, 0.15) is 30.7 Å². The highest BCUT2D eigenvalue weighted by molar-refractivity contribution is 5.85. The zero-order valence-electron chi connectivity index (χ0n) is 13.4. The minimum Gasteiger partial charge on any atom is -0.441 e. The van der Waals surface area contributed by atoms with Gasteiger partial charge >= 0.3 is 0 Å². The first-order valence-corrected chi connectivity index (χ1v) is 8.05. The Hall–Kier alpha value is -1.59. The summed E-state index contributed by atoms with van der Waals surface area (Å²) in [5.74, 6) is 1.47. The van der Waals surface area contributed by atoms with Gasteiger partial charge < -0.3 is 15.1 Å². The molecule has 1 saturated heterocycles. The molecular formula is C17H24ClN3O2. The largest absolute Gasteiger partial charge is 0.441 e. The molecule has 0 radical (unpaired) electrons. The lowest BCUT2D eigenvalue weighted by Crippen LogP contribution is -2.26. The lowest BCUT2D eigenvalue weighted by Gasteiger charge is -2.07. The van der Waals surface area contributed by atoms with Crippen molar-refractivity contribution in [3.63, 3.8) is 0 Å². The Labute approximate surface area is 142 Å². The monoisotopic (exact) mass is 337 g/mol. The average molecular weight is 338 g/mol. The SMILES string of the molecule is Cc1cccc2oc(CCNC(=O)CCC3CCNC3)nc12.Cl. The van der Waals surface area contributed by atoms with Crippen molar-refractivity contribution in [3.05, 3.63) is 29.7 Å². The first-order chi connectivity index (χ1) is 10.7. The molecule has 5 nitrogen and oxygen atoms in total. The second-order valence-corrected chi connectivity index (χ2v) is 6.03. The van der Waals surface area contributed by atoms with Gasteiger partial charge in [-0.2, -0.15) is 0 Å². The van der Waals surface area contributed by atoms with E-state index in [1.54, 1.807) is 0 Å². The zero-order valence-corrected chi connectivity index (χ0v) is 14.2. The number of carbonyl (C=O) groups excluding carboxylic acids is 1. The molecule has 23 heavy (non-hydrogen) atoms. The van der Waals surface area contributed by atoms with E-state index in [9.17, 15) is 4.79 Å².